The zero-order chi connectivity index (χ0) is 21.0. The molecule has 2 aliphatic rings. The quantitative estimate of drug-likeness (QED) is 0.285. The summed E-state index contributed by atoms with van der Waals surface area (Å²) in [4.78, 5) is 0. The third kappa shape index (κ3) is 108. The van der Waals surface area contributed by atoms with E-state index in [0.29, 0.717) is 5.41 Å². The van der Waals surface area contributed by atoms with Gasteiger partial charge in [0, 0.05) is 32.7 Å². The van der Waals surface area contributed by atoms with Crippen LogP contribution in [-0.2, 0) is 32.7 Å². The molecule has 0 aromatic rings. The van der Waals surface area contributed by atoms with Gasteiger partial charge in [0.2, 0.25) is 0 Å². The summed E-state index contributed by atoms with van der Waals surface area (Å²) >= 11 is 0. The summed E-state index contributed by atoms with van der Waals surface area (Å²) in [5.74, 6) is 0. The monoisotopic (exact) mass is 435 g/mol. The molecule has 1 heteroatoms. The molecular formula is C25H46Y-2. The number of hydrogen-bond acceptors (Lipinski definition) is 0. The first-order chi connectivity index (χ1) is 11.9. The predicted octanol–water partition coefficient (Wildman–Crippen LogP) is 9.10. The molecule has 0 bridgehead atoms. The van der Waals surface area contributed by atoms with Gasteiger partial charge in [-0.25, -0.2) is 0 Å². The maximum Gasteiger partial charge on any atom is 0 e. The van der Waals surface area contributed by atoms with Crippen LogP contribution in [0, 0.1) is 18.6 Å². The van der Waals surface area contributed by atoms with Gasteiger partial charge in [0.25, 0.3) is 0 Å². The van der Waals surface area contributed by atoms with E-state index in [0.717, 1.165) is 12.8 Å². The normalized spacial score (nSPS) is 10.5. The summed E-state index contributed by atoms with van der Waals surface area (Å²) in [6.07, 6.45) is 21.6. The van der Waals surface area contributed by atoms with Crippen LogP contribution in [0.2, 0.25) is 0 Å². The summed E-state index contributed by atoms with van der Waals surface area (Å²) in [5, 5.41) is 0. The molecular weight excluding hydrogens is 389 g/mol. The Hall–Kier alpha value is -0.456. The van der Waals surface area contributed by atoms with E-state index in [1.807, 2.05) is 41.5 Å². The van der Waals surface area contributed by atoms with Crippen molar-refractivity contribution in [2.24, 2.45) is 5.41 Å². The summed E-state index contributed by atoms with van der Waals surface area (Å²) in [5.41, 5.74) is 0.500. The fourth-order valence-corrected chi connectivity index (χ4v) is 0.786. The van der Waals surface area contributed by atoms with Gasteiger partial charge in [-0.05, 0) is 18.3 Å². The summed E-state index contributed by atoms with van der Waals surface area (Å²) in [7, 11) is 0. The van der Waals surface area contributed by atoms with Crippen molar-refractivity contribution in [2.75, 3.05) is 0 Å². The SMILES string of the molecule is C1=CCC=C1.C1=CCC=C1.CC.CC.CC.CC(C)(C)C.[CH-]=CC=[CH-].[Y]. The molecule has 0 aliphatic heterocycles. The van der Waals surface area contributed by atoms with Gasteiger partial charge in [-0.3, -0.25) is 0 Å². The van der Waals surface area contributed by atoms with E-state index in [1.54, 1.807) is 0 Å². The Balaban J connectivity index is -0.0000000464. The minimum absolute atomic E-state index is 0. The molecule has 0 heterocycles. The first-order valence-electron chi connectivity index (χ1n) is 9.63. The predicted molar refractivity (Wildman–Crippen MR) is 123 cm³/mol. The third-order valence-corrected chi connectivity index (χ3v) is 1.42. The van der Waals surface area contributed by atoms with Gasteiger partial charge in [0.05, 0.1) is 0 Å². The van der Waals surface area contributed by atoms with E-state index in [9.17, 15) is 0 Å². The fraction of sp³-hybridized carbons (Fsp3) is 0.520. The minimum atomic E-state index is 0. The molecule has 2 aliphatic carbocycles. The smallest absolute Gasteiger partial charge is 0 e. The van der Waals surface area contributed by atoms with Crippen molar-refractivity contribution in [1.29, 1.82) is 0 Å². The fourth-order valence-electron chi connectivity index (χ4n) is 0.786. The maximum atomic E-state index is 4.72. The van der Waals surface area contributed by atoms with Gasteiger partial charge in [-0.2, -0.15) is 0 Å². The molecule has 1 radical (unpaired) electrons. The molecule has 2 rings (SSSR count). The zero-order valence-electron chi connectivity index (χ0n) is 19.4. The largest absolute Gasteiger partial charge is 0.394 e. The Kier molecular flexibility index (Phi) is 68.5. The van der Waals surface area contributed by atoms with E-state index >= 15 is 0 Å². The van der Waals surface area contributed by atoms with E-state index in [2.05, 4.69) is 76.3 Å². The second-order valence-electron chi connectivity index (χ2n) is 5.57. The van der Waals surface area contributed by atoms with E-state index in [1.165, 1.54) is 12.2 Å². The van der Waals surface area contributed by atoms with Crippen LogP contribution in [0.5, 0.6) is 0 Å². The number of rotatable bonds is 1. The van der Waals surface area contributed by atoms with Gasteiger partial charge in [0.1, 0.15) is 0 Å². The second kappa shape index (κ2) is 44.2. The molecule has 0 aromatic carbocycles. The topological polar surface area (TPSA) is 0 Å². The molecule has 0 saturated heterocycles. The molecule has 151 valence electrons. The van der Waals surface area contributed by atoms with Crippen LogP contribution in [0.1, 0.15) is 82.1 Å². The van der Waals surface area contributed by atoms with Crippen molar-refractivity contribution >= 4 is 0 Å². The molecule has 0 saturated carbocycles. The van der Waals surface area contributed by atoms with E-state index in [-0.39, 0.29) is 32.7 Å². The van der Waals surface area contributed by atoms with Crippen LogP contribution in [0.3, 0.4) is 0 Å². The maximum absolute atomic E-state index is 4.72. The molecule has 0 spiro atoms. The molecule has 0 nitrogen and oxygen atoms in total. The van der Waals surface area contributed by atoms with E-state index in [4.69, 9.17) is 13.2 Å². The zero-order valence-corrected chi connectivity index (χ0v) is 22.3. The summed E-state index contributed by atoms with van der Waals surface area (Å²) < 4.78 is 0. The first kappa shape index (κ1) is 40.3. The van der Waals surface area contributed by atoms with Gasteiger partial charge in [-0.1, -0.05) is 118 Å². The minimum Gasteiger partial charge on any atom is -0.394 e. The molecule has 0 amide bonds. The van der Waals surface area contributed by atoms with Gasteiger partial charge in [-0.15, -0.1) is 0 Å². The van der Waals surface area contributed by atoms with Gasteiger partial charge >= 0.3 is 0 Å². The number of allylic oxidation sites excluding steroid dienone is 10. The van der Waals surface area contributed by atoms with Crippen molar-refractivity contribution < 1.29 is 32.7 Å². The van der Waals surface area contributed by atoms with Crippen LogP contribution in [0.4, 0.5) is 0 Å². The van der Waals surface area contributed by atoms with Crippen LogP contribution < -0.4 is 0 Å². The number of hydrogen-bond donors (Lipinski definition) is 0. The average molecular weight is 436 g/mol. The molecule has 0 N–H and O–H groups in total. The Morgan fingerprint density at radius 3 is 0.769 bits per heavy atom. The third-order valence-electron chi connectivity index (χ3n) is 1.42. The van der Waals surface area contributed by atoms with Crippen LogP contribution in [-0.4, -0.2) is 0 Å². The first-order valence-corrected chi connectivity index (χ1v) is 9.63. The Morgan fingerprint density at radius 2 is 0.731 bits per heavy atom. The molecule has 0 atom stereocenters. The van der Waals surface area contributed by atoms with Crippen molar-refractivity contribution in [3.63, 3.8) is 0 Å². The molecule has 0 aromatic heterocycles. The molecule has 26 heavy (non-hydrogen) atoms. The Bertz CT molecular complexity index is 269. The van der Waals surface area contributed by atoms with Gasteiger partial charge in [0.15, 0.2) is 0 Å². The Morgan fingerprint density at radius 1 is 0.577 bits per heavy atom. The molecule has 0 fully saturated rings. The van der Waals surface area contributed by atoms with Crippen molar-refractivity contribution in [1.82, 2.24) is 0 Å². The van der Waals surface area contributed by atoms with Crippen LogP contribution in [0.15, 0.2) is 60.8 Å². The van der Waals surface area contributed by atoms with Crippen LogP contribution >= 0.6 is 0 Å². The second-order valence-corrected chi connectivity index (χ2v) is 5.57. The summed E-state index contributed by atoms with van der Waals surface area (Å²) in [6, 6.07) is 0. The summed E-state index contributed by atoms with van der Waals surface area (Å²) in [6.45, 7) is 30.2. The van der Waals surface area contributed by atoms with E-state index < -0.39 is 0 Å². The van der Waals surface area contributed by atoms with Crippen molar-refractivity contribution in [2.45, 2.75) is 82.1 Å². The molecule has 0 unspecified atom stereocenters. The average Bonchev–Trinajstić information content (AvgIpc) is 3.36. The van der Waals surface area contributed by atoms with Crippen molar-refractivity contribution in [3.05, 3.63) is 73.9 Å². The van der Waals surface area contributed by atoms with Crippen LogP contribution in [0.25, 0.3) is 0 Å². The van der Waals surface area contributed by atoms with Crippen molar-refractivity contribution in [3.8, 4) is 0 Å². The standard InChI is InChI=1S/2C5H6.C5H12.C4H4.3C2H6.Y/c2*1-2-4-5-3-1;1-5(2,3)4;1-3-4-2;3*1-2;/h2*1-4H,5H2;1-4H3;1-4H;3*1-2H3;/q;;;-2;;;;. The Labute approximate surface area is 193 Å². The van der Waals surface area contributed by atoms with Gasteiger partial charge < -0.3 is 25.3 Å².